The summed E-state index contributed by atoms with van der Waals surface area (Å²) in [5.74, 6) is 0. The highest BCUT2D eigenvalue weighted by Crippen LogP contribution is 2.25. The van der Waals surface area contributed by atoms with Gasteiger partial charge in [-0.25, -0.2) is 0 Å². The fourth-order valence-electron chi connectivity index (χ4n) is 2.79. The van der Waals surface area contributed by atoms with Gasteiger partial charge >= 0.3 is 0 Å². The summed E-state index contributed by atoms with van der Waals surface area (Å²) in [4.78, 5) is 0. The normalized spacial score (nSPS) is 14.5. The van der Waals surface area contributed by atoms with Crippen LogP contribution in [0, 0.1) is 11.3 Å². The summed E-state index contributed by atoms with van der Waals surface area (Å²) in [6.45, 7) is 0.830. The Morgan fingerprint density at radius 3 is 2.90 bits per heavy atom. The van der Waals surface area contributed by atoms with Gasteiger partial charge in [-0.2, -0.15) is 5.26 Å². The van der Waals surface area contributed by atoms with Crippen molar-refractivity contribution in [1.29, 1.82) is 5.26 Å². The summed E-state index contributed by atoms with van der Waals surface area (Å²) < 4.78 is 0. The van der Waals surface area contributed by atoms with Gasteiger partial charge in [-0.05, 0) is 38.2 Å². The predicted octanol–water partition coefficient (Wildman–Crippen LogP) is 3.80. The van der Waals surface area contributed by atoms with Crippen LogP contribution in [0.15, 0.2) is 35.9 Å². The Morgan fingerprint density at radius 2 is 2.10 bits per heavy atom. The number of rotatable bonds is 4. The van der Waals surface area contributed by atoms with Crippen molar-refractivity contribution in [2.45, 2.75) is 32.1 Å². The zero-order valence-corrected chi connectivity index (χ0v) is 12.0. The van der Waals surface area contributed by atoms with Gasteiger partial charge in [0.1, 0.15) is 6.07 Å². The lowest BCUT2D eigenvalue weighted by Gasteiger charge is -2.14. The van der Waals surface area contributed by atoms with Crippen LogP contribution in [0.5, 0.6) is 0 Å². The van der Waals surface area contributed by atoms with Crippen LogP contribution in [0.2, 0.25) is 0 Å². The van der Waals surface area contributed by atoms with E-state index in [-0.39, 0.29) is 0 Å². The molecule has 1 aliphatic carbocycles. The number of allylic oxidation sites excluding steroid dienone is 1. The summed E-state index contributed by atoms with van der Waals surface area (Å²) in [6, 6.07) is 9.91. The Kier molecular flexibility index (Phi) is 4.11. The fraction of sp³-hybridized carbons (Fsp3) is 0.353. The molecule has 1 aromatic carbocycles. The average Bonchev–Trinajstić information content (AvgIpc) is 2.56. The second kappa shape index (κ2) is 6.36. The van der Waals surface area contributed by atoms with E-state index in [1.807, 2.05) is 24.3 Å². The van der Waals surface area contributed by atoms with Crippen LogP contribution >= 0.6 is 0 Å². The molecule has 1 aromatic heterocycles. The van der Waals surface area contributed by atoms with Crippen molar-refractivity contribution in [1.82, 2.24) is 10.2 Å². The van der Waals surface area contributed by atoms with Crippen molar-refractivity contribution >= 4 is 16.6 Å². The molecule has 3 rings (SSSR count). The lowest BCUT2D eigenvalue weighted by molar-refractivity contribution is 0.679. The van der Waals surface area contributed by atoms with Crippen LogP contribution in [0.25, 0.3) is 10.9 Å². The molecule has 2 aromatic rings. The Bertz CT molecular complexity index is 712. The fourth-order valence-corrected chi connectivity index (χ4v) is 2.79. The molecule has 106 valence electrons. The third kappa shape index (κ3) is 3.03. The average molecular weight is 278 g/mol. The van der Waals surface area contributed by atoms with E-state index in [9.17, 15) is 5.26 Å². The quantitative estimate of drug-likeness (QED) is 0.864. The molecular weight excluding hydrogens is 260 g/mol. The van der Waals surface area contributed by atoms with Gasteiger partial charge in [0, 0.05) is 11.9 Å². The number of hydrogen-bond donors (Lipinski definition) is 1. The first kappa shape index (κ1) is 13.6. The summed E-state index contributed by atoms with van der Waals surface area (Å²) in [5.41, 5.74) is 3.51. The van der Waals surface area contributed by atoms with E-state index in [0.717, 1.165) is 29.6 Å². The van der Waals surface area contributed by atoms with Crippen LogP contribution in [0.1, 0.15) is 37.8 Å². The van der Waals surface area contributed by atoms with Crippen LogP contribution < -0.4 is 5.32 Å². The molecule has 1 aliphatic rings. The highest BCUT2D eigenvalue weighted by molar-refractivity contribution is 5.92. The largest absolute Gasteiger partial charge is 0.382 e. The zero-order valence-electron chi connectivity index (χ0n) is 12.0. The van der Waals surface area contributed by atoms with Crippen molar-refractivity contribution < 1.29 is 0 Å². The first-order valence-electron chi connectivity index (χ1n) is 7.46. The van der Waals surface area contributed by atoms with Crippen molar-refractivity contribution in [3.63, 3.8) is 0 Å². The number of aromatic nitrogens is 2. The van der Waals surface area contributed by atoms with Gasteiger partial charge in [0.05, 0.1) is 11.2 Å². The summed E-state index contributed by atoms with van der Waals surface area (Å²) in [7, 11) is 0. The molecule has 0 amide bonds. The molecule has 0 saturated heterocycles. The van der Waals surface area contributed by atoms with Crippen LogP contribution in [-0.2, 0) is 0 Å². The second-order valence-electron chi connectivity index (χ2n) is 5.34. The molecule has 0 radical (unpaired) electrons. The topological polar surface area (TPSA) is 61.6 Å². The first-order chi connectivity index (χ1) is 10.4. The molecule has 4 heteroatoms. The Balaban J connectivity index is 1.79. The molecule has 1 N–H and O–H groups in total. The molecule has 0 bridgehead atoms. The molecule has 0 spiro atoms. The zero-order chi connectivity index (χ0) is 14.5. The summed E-state index contributed by atoms with van der Waals surface area (Å²) >= 11 is 0. The van der Waals surface area contributed by atoms with Crippen molar-refractivity contribution in [3.05, 3.63) is 41.6 Å². The smallest absolute Gasteiger partial charge is 0.186 e. The van der Waals surface area contributed by atoms with E-state index in [4.69, 9.17) is 0 Å². The Labute approximate surface area is 124 Å². The molecule has 1 heterocycles. The maximum atomic E-state index is 9.22. The standard InChI is InChI=1S/C17H18N4/c18-12-16-17(14-8-4-5-9-15(14)20-21-16)19-11-10-13-6-2-1-3-7-13/h4-6,8-9H,1-3,7,10-11H2,(H,19,20). The molecule has 0 fully saturated rings. The number of nitrogens with zero attached hydrogens (tertiary/aromatic N) is 3. The van der Waals surface area contributed by atoms with Gasteiger partial charge in [0.25, 0.3) is 0 Å². The summed E-state index contributed by atoms with van der Waals surface area (Å²) in [6.07, 6.45) is 8.42. The van der Waals surface area contributed by atoms with Crippen LogP contribution in [0.3, 0.4) is 0 Å². The Hall–Kier alpha value is -2.41. The number of fused-ring (bicyclic) bond motifs is 1. The van der Waals surface area contributed by atoms with E-state index >= 15 is 0 Å². The second-order valence-corrected chi connectivity index (χ2v) is 5.34. The molecule has 0 aliphatic heterocycles. The molecule has 0 atom stereocenters. The van der Waals surface area contributed by atoms with E-state index < -0.39 is 0 Å². The van der Waals surface area contributed by atoms with Crippen molar-refractivity contribution in [2.24, 2.45) is 0 Å². The lowest BCUT2D eigenvalue weighted by Crippen LogP contribution is -2.08. The lowest BCUT2D eigenvalue weighted by atomic mass is 9.97. The maximum Gasteiger partial charge on any atom is 0.186 e. The SMILES string of the molecule is N#Cc1nnc2ccccc2c1NCCC1=CCCCC1. The van der Waals surface area contributed by atoms with Gasteiger partial charge in [-0.15, -0.1) is 10.2 Å². The maximum absolute atomic E-state index is 9.22. The number of anilines is 1. The third-order valence-electron chi connectivity index (χ3n) is 3.91. The van der Waals surface area contributed by atoms with Gasteiger partial charge < -0.3 is 5.32 Å². The van der Waals surface area contributed by atoms with E-state index in [1.54, 1.807) is 0 Å². The minimum Gasteiger partial charge on any atom is -0.382 e. The van der Waals surface area contributed by atoms with E-state index in [2.05, 4.69) is 27.7 Å². The molecule has 0 saturated carbocycles. The van der Waals surface area contributed by atoms with E-state index in [1.165, 1.54) is 31.3 Å². The number of hydrogen-bond acceptors (Lipinski definition) is 4. The highest BCUT2D eigenvalue weighted by Gasteiger charge is 2.10. The summed E-state index contributed by atoms with van der Waals surface area (Å²) in [5, 5.41) is 21.7. The molecule has 4 nitrogen and oxygen atoms in total. The molecule has 21 heavy (non-hydrogen) atoms. The number of benzene rings is 1. The molecule has 0 unspecified atom stereocenters. The van der Waals surface area contributed by atoms with Crippen molar-refractivity contribution in [3.8, 4) is 6.07 Å². The monoisotopic (exact) mass is 278 g/mol. The number of nitriles is 1. The van der Waals surface area contributed by atoms with Crippen molar-refractivity contribution in [2.75, 3.05) is 11.9 Å². The van der Waals surface area contributed by atoms with Gasteiger partial charge in [-0.1, -0.05) is 29.8 Å². The molecular formula is C17H18N4. The van der Waals surface area contributed by atoms with Gasteiger partial charge in [-0.3, -0.25) is 0 Å². The minimum absolute atomic E-state index is 0.367. The third-order valence-corrected chi connectivity index (χ3v) is 3.91. The predicted molar refractivity (Wildman–Crippen MR) is 83.9 cm³/mol. The first-order valence-corrected chi connectivity index (χ1v) is 7.46. The van der Waals surface area contributed by atoms with Gasteiger partial charge in [0.2, 0.25) is 0 Å². The number of nitrogens with one attached hydrogen (secondary N) is 1. The Morgan fingerprint density at radius 1 is 1.19 bits per heavy atom. The highest BCUT2D eigenvalue weighted by atomic mass is 15.1. The van der Waals surface area contributed by atoms with Crippen LogP contribution in [-0.4, -0.2) is 16.7 Å². The van der Waals surface area contributed by atoms with E-state index in [0.29, 0.717) is 5.69 Å². The minimum atomic E-state index is 0.367. The van der Waals surface area contributed by atoms with Crippen LogP contribution in [0.4, 0.5) is 5.69 Å². The van der Waals surface area contributed by atoms with Gasteiger partial charge in [0.15, 0.2) is 5.69 Å².